The van der Waals surface area contributed by atoms with Crippen LogP contribution in [-0.2, 0) is 11.3 Å². The normalized spacial score (nSPS) is 15.0. The van der Waals surface area contributed by atoms with Crippen molar-refractivity contribution in [2.45, 2.75) is 20.4 Å². The molecule has 0 aliphatic carbocycles. The summed E-state index contributed by atoms with van der Waals surface area (Å²) in [4.78, 5) is 19.0. The molecule has 0 atom stereocenters. The van der Waals surface area contributed by atoms with Crippen LogP contribution in [0.4, 0.5) is 5.13 Å². The summed E-state index contributed by atoms with van der Waals surface area (Å²) in [5, 5.41) is 18.0. The highest BCUT2D eigenvalue weighted by Crippen LogP contribution is 2.29. The Labute approximate surface area is 181 Å². The van der Waals surface area contributed by atoms with Gasteiger partial charge in [0.05, 0.1) is 28.9 Å². The summed E-state index contributed by atoms with van der Waals surface area (Å²) in [6.45, 7) is 5.18. The lowest BCUT2D eigenvalue weighted by molar-refractivity contribution is 0.328. The van der Waals surface area contributed by atoms with E-state index in [1.807, 2.05) is 31.2 Å². The largest absolute Gasteiger partial charge is 0.492 e. The second-order valence-corrected chi connectivity index (χ2v) is 8.52. The van der Waals surface area contributed by atoms with Crippen LogP contribution in [-0.4, -0.2) is 35.6 Å². The number of thiophene rings is 1. The van der Waals surface area contributed by atoms with E-state index in [0.29, 0.717) is 35.0 Å². The van der Waals surface area contributed by atoms with E-state index in [0.717, 1.165) is 16.1 Å². The zero-order valence-corrected chi connectivity index (χ0v) is 18.5. The summed E-state index contributed by atoms with van der Waals surface area (Å²) in [5.74, 6) is 0.895. The van der Waals surface area contributed by atoms with E-state index in [9.17, 15) is 5.11 Å². The molecule has 0 bridgehead atoms. The fourth-order valence-corrected chi connectivity index (χ4v) is 4.59. The number of hydrogen-bond acceptors (Lipinski definition) is 7. The molecular formula is C21H21N5O2S2. The Hall–Kier alpha value is -3.04. The highest BCUT2D eigenvalue weighted by molar-refractivity contribution is 7.16. The van der Waals surface area contributed by atoms with E-state index >= 15 is 0 Å². The highest BCUT2D eigenvalue weighted by atomic mass is 32.1. The van der Waals surface area contributed by atoms with Crippen molar-refractivity contribution in [2.75, 3.05) is 19.0 Å². The number of guanidine groups is 1. The number of aromatic nitrogens is 1. The lowest BCUT2D eigenvalue weighted by Gasteiger charge is -2.11. The summed E-state index contributed by atoms with van der Waals surface area (Å²) < 4.78 is 5.68. The van der Waals surface area contributed by atoms with Crippen molar-refractivity contribution in [1.82, 2.24) is 4.98 Å². The van der Waals surface area contributed by atoms with Crippen LogP contribution in [0.3, 0.4) is 0 Å². The van der Waals surface area contributed by atoms with Crippen LogP contribution in [0.25, 0.3) is 6.08 Å². The summed E-state index contributed by atoms with van der Waals surface area (Å²) >= 11 is 3.11. The van der Waals surface area contributed by atoms with Gasteiger partial charge < -0.3 is 15.2 Å². The molecule has 0 amide bonds. The second kappa shape index (κ2) is 8.76. The molecule has 3 aromatic rings. The molecule has 1 aliphatic heterocycles. The minimum atomic E-state index is 0.00640. The molecule has 9 heteroatoms. The molecule has 0 spiro atoms. The average molecular weight is 440 g/mol. The zero-order valence-electron chi connectivity index (χ0n) is 16.8. The van der Waals surface area contributed by atoms with Gasteiger partial charge in [0.2, 0.25) is 17.7 Å². The maximum Gasteiger partial charge on any atom is 0.248 e. The summed E-state index contributed by atoms with van der Waals surface area (Å²) in [6.07, 6.45) is 1.89. The van der Waals surface area contributed by atoms with Crippen molar-refractivity contribution < 1.29 is 9.84 Å². The van der Waals surface area contributed by atoms with Crippen LogP contribution in [0.5, 0.6) is 5.88 Å². The van der Waals surface area contributed by atoms with E-state index in [4.69, 9.17) is 4.74 Å². The molecule has 0 saturated carbocycles. The van der Waals surface area contributed by atoms with Crippen LogP contribution >= 0.6 is 22.7 Å². The lowest BCUT2D eigenvalue weighted by atomic mass is 10.1. The number of thiazole rings is 1. The van der Waals surface area contributed by atoms with Crippen molar-refractivity contribution in [3.8, 4) is 5.88 Å². The number of fused-ring (bicyclic) bond motifs is 1. The Morgan fingerprint density at radius 2 is 2.13 bits per heavy atom. The van der Waals surface area contributed by atoms with Crippen molar-refractivity contribution in [2.24, 2.45) is 15.0 Å². The predicted molar refractivity (Wildman–Crippen MR) is 122 cm³/mol. The first-order valence-corrected chi connectivity index (χ1v) is 11.1. The van der Waals surface area contributed by atoms with E-state index in [1.165, 1.54) is 21.8 Å². The van der Waals surface area contributed by atoms with Gasteiger partial charge in [-0.1, -0.05) is 17.4 Å². The Balaban J connectivity index is 1.63. The monoisotopic (exact) mass is 439 g/mol. The smallest absolute Gasteiger partial charge is 0.248 e. The molecule has 154 valence electrons. The van der Waals surface area contributed by atoms with Crippen LogP contribution in [0.1, 0.15) is 27.8 Å². The van der Waals surface area contributed by atoms with Gasteiger partial charge in [0.25, 0.3) is 0 Å². The first-order valence-electron chi connectivity index (χ1n) is 9.43. The Bertz CT molecular complexity index is 1260. The van der Waals surface area contributed by atoms with E-state index in [2.05, 4.69) is 43.6 Å². The van der Waals surface area contributed by atoms with Gasteiger partial charge in [-0.25, -0.2) is 4.99 Å². The van der Waals surface area contributed by atoms with Gasteiger partial charge in [0, 0.05) is 11.9 Å². The molecular weight excluding hydrogens is 418 g/mol. The van der Waals surface area contributed by atoms with Crippen LogP contribution in [0, 0.1) is 6.92 Å². The molecule has 2 aromatic heterocycles. The minimum Gasteiger partial charge on any atom is -0.492 e. The van der Waals surface area contributed by atoms with Gasteiger partial charge >= 0.3 is 0 Å². The molecule has 2 N–H and O–H groups in total. The van der Waals surface area contributed by atoms with Crippen molar-refractivity contribution in [1.29, 1.82) is 0 Å². The molecule has 4 rings (SSSR count). The number of nitrogens with one attached hydrogen (secondary N) is 1. The number of nitrogens with zero attached hydrogens (tertiary/aromatic N) is 4. The van der Waals surface area contributed by atoms with E-state index < -0.39 is 0 Å². The number of ether oxygens (including phenoxy) is 1. The molecule has 0 radical (unpaired) electrons. The molecule has 1 aliphatic rings. The van der Waals surface area contributed by atoms with Gasteiger partial charge in [-0.05, 0) is 54.3 Å². The van der Waals surface area contributed by atoms with Crippen molar-refractivity contribution in [3.05, 3.63) is 61.1 Å². The maximum atomic E-state index is 10.3. The number of aliphatic imine (C=N–C) groups is 2. The average Bonchev–Trinajstić information content (AvgIpc) is 3.31. The van der Waals surface area contributed by atoms with Crippen LogP contribution in [0.15, 0.2) is 44.6 Å². The van der Waals surface area contributed by atoms with Gasteiger partial charge in [-0.15, -0.1) is 11.3 Å². The zero-order chi connectivity index (χ0) is 21.1. The number of anilines is 1. The summed E-state index contributed by atoms with van der Waals surface area (Å²) in [6, 6.07) is 7.88. The summed E-state index contributed by atoms with van der Waals surface area (Å²) in [7, 11) is 1.65. The number of aryl methyl sites for hydroxylation is 1. The van der Waals surface area contributed by atoms with Gasteiger partial charge in [-0.3, -0.25) is 4.99 Å². The molecule has 30 heavy (non-hydrogen) atoms. The minimum absolute atomic E-state index is 0.00640. The lowest BCUT2D eigenvalue weighted by Crippen LogP contribution is -2.27. The fourth-order valence-electron chi connectivity index (χ4n) is 2.93. The van der Waals surface area contributed by atoms with Crippen molar-refractivity contribution >= 4 is 45.7 Å². The predicted octanol–water partition coefficient (Wildman–Crippen LogP) is 3.06. The number of rotatable bonds is 5. The number of hydrogen-bond donors (Lipinski definition) is 2. The molecule has 1 aromatic carbocycles. The first kappa shape index (κ1) is 20.2. The number of benzene rings is 1. The Morgan fingerprint density at radius 1 is 1.27 bits per heavy atom. The molecule has 3 heterocycles. The molecule has 0 fully saturated rings. The third kappa shape index (κ3) is 4.27. The maximum absolute atomic E-state index is 10.3. The molecule has 0 unspecified atom stereocenters. The standard InChI is InChI=1S/C21H21N5O2S2/c1-4-28-19-14-9-13(5-6-15(14)24-20(22-3)26-19)10-16-18(27)25-21(30-16)23-11-17-12(2)7-8-29-17/h5-10,27H,4,11H2,1-3H3,(H,23,25)/b13-10+,22-20?. The topological polar surface area (TPSA) is 91.5 Å². The number of aromatic hydroxyl groups is 1. The first-order chi connectivity index (χ1) is 14.6. The third-order valence-electron chi connectivity index (χ3n) is 4.45. The highest BCUT2D eigenvalue weighted by Gasteiger charge is 2.15. The van der Waals surface area contributed by atoms with E-state index in [-0.39, 0.29) is 5.88 Å². The van der Waals surface area contributed by atoms with Gasteiger partial charge in [-0.2, -0.15) is 9.98 Å². The molecule has 7 nitrogen and oxygen atoms in total. The van der Waals surface area contributed by atoms with Gasteiger partial charge in [0.1, 0.15) is 0 Å². The summed E-state index contributed by atoms with van der Waals surface area (Å²) in [5.41, 5.74) is 2.05. The van der Waals surface area contributed by atoms with Gasteiger partial charge in [0.15, 0.2) is 5.13 Å². The Kier molecular flexibility index (Phi) is 5.91. The quantitative estimate of drug-likeness (QED) is 0.639. The second-order valence-electron chi connectivity index (χ2n) is 6.49. The Morgan fingerprint density at radius 3 is 2.87 bits per heavy atom. The van der Waals surface area contributed by atoms with Crippen LogP contribution in [0.2, 0.25) is 0 Å². The third-order valence-corrected chi connectivity index (χ3v) is 6.43. The van der Waals surface area contributed by atoms with Crippen molar-refractivity contribution in [3.63, 3.8) is 0 Å². The SMILES string of the molecule is CCOC1=NC(=NC)N=c2cc/c(=C\c3sc(NCc4sccc4C)nc3O)cc21. The van der Waals surface area contributed by atoms with Crippen LogP contribution < -0.4 is 15.9 Å². The van der Waals surface area contributed by atoms with E-state index in [1.54, 1.807) is 18.4 Å². The fraction of sp³-hybridized carbons (Fsp3) is 0.238. The molecule has 0 saturated heterocycles.